The van der Waals surface area contributed by atoms with E-state index in [1.54, 1.807) is 52.8 Å². The third-order valence-corrected chi connectivity index (χ3v) is 6.26. The van der Waals surface area contributed by atoms with Crippen LogP contribution in [0.1, 0.15) is 96.7 Å². The molecule has 0 aliphatic rings. The van der Waals surface area contributed by atoms with Crippen molar-refractivity contribution in [2.75, 3.05) is 26.3 Å². The maximum absolute atomic E-state index is 13.9. The number of rotatable bonds is 17. The number of aliphatic hydroxyl groups is 1. The van der Waals surface area contributed by atoms with Crippen molar-refractivity contribution < 1.29 is 38.9 Å². The summed E-state index contributed by atoms with van der Waals surface area (Å²) in [6, 6.07) is 2.20. The van der Waals surface area contributed by atoms with E-state index >= 15 is 0 Å². The fraction of sp³-hybridized carbons (Fsp3) is 0.667. The lowest BCUT2D eigenvalue weighted by Gasteiger charge is -2.34. The van der Waals surface area contributed by atoms with E-state index in [1.807, 2.05) is 0 Å². The fourth-order valence-electron chi connectivity index (χ4n) is 4.24. The van der Waals surface area contributed by atoms with E-state index in [-0.39, 0.29) is 37.4 Å². The van der Waals surface area contributed by atoms with Gasteiger partial charge in [0.15, 0.2) is 0 Å². The Morgan fingerprint density at radius 2 is 1.68 bits per heavy atom. The van der Waals surface area contributed by atoms with Gasteiger partial charge in [-0.15, -0.1) is 0 Å². The topological polar surface area (TPSA) is 154 Å². The summed E-state index contributed by atoms with van der Waals surface area (Å²) < 4.78 is 10.2. The number of unbranched alkanes of at least 4 members (excludes halogenated alkanes) is 5. The Hall–Kier alpha value is -3.34. The lowest BCUT2D eigenvalue weighted by Crippen LogP contribution is -2.54. The number of hydrogen-bond donors (Lipinski definition) is 4. The summed E-state index contributed by atoms with van der Waals surface area (Å²) in [7, 11) is 0. The van der Waals surface area contributed by atoms with Gasteiger partial charge in [0, 0.05) is 18.7 Å². The van der Waals surface area contributed by atoms with E-state index in [9.17, 15) is 29.4 Å². The number of ether oxygens (including phenoxy) is 2. The lowest BCUT2D eigenvalue weighted by atomic mass is 9.98. The van der Waals surface area contributed by atoms with Crippen molar-refractivity contribution in [1.29, 1.82) is 0 Å². The van der Waals surface area contributed by atoms with Gasteiger partial charge in [0.05, 0.1) is 19.6 Å². The van der Waals surface area contributed by atoms with Crippen molar-refractivity contribution in [2.24, 2.45) is 0 Å². The van der Waals surface area contributed by atoms with Gasteiger partial charge >= 0.3 is 12.1 Å². The van der Waals surface area contributed by atoms with Crippen molar-refractivity contribution in [2.45, 2.75) is 104 Å². The maximum Gasteiger partial charge on any atom is 0.408 e. The van der Waals surface area contributed by atoms with Crippen LogP contribution in [0.5, 0.6) is 5.75 Å². The second-order valence-electron chi connectivity index (χ2n) is 10.9. The number of nitrogens with one attached hydrogen (secondary N) is 2. The first kappa shape index (κ1) is 35.7. The van der Waals surface area contributed by atoms with Crippen molar-refractivity contribution in [1.82, 2.24) is 15.5 Å². The highest BCUT2D eigenvalue weighted by atomic mass is 16.6. The van der Waals surface area contributed by atoms with Crippen LogP contribution in [-0.2, 0) is 23.9 Å². The number of alkyl carbamates (subject to hydrolysis) is 1. The average molecular weight is 580 g/mol. The van der Waals surface area contributed by atoms with Crippen molar-refractivity contribution in [3.05, 3.63) is 29.3 Å². The Kier molecular flexibility index (Phi) is 15.8. The van der Waals surface area contributed by atoms with Gasteiger partial charge < -0.3 is 35.2 Å². The molecule has 232 valence electrons. The highest BCUT2D eigenvalue weighted by Gasteiger charge is 2.37. The first-order chi connectivity index (χ1) is 19.4. The van der Waals surface area contributed by atoms with Gasteiger partial charge in [-0.3, -0.25) is 14.4 Å². The zero-order valence-electron chi connectivity index (χ0n) is 25.5. The van der Waals surface area contributed by atoms with Crippen LogP contribution >= 0.6 is 0 Å². The highest BCUT2D eigenvalue weighted by Crippen LogP contribution is 2.32. The minimum atomic E-state index is -1.40. The van der Waals surface area contributed by atoms with E-state index < -0.39 is 48.2 Å². The number of amides is 3. The molecule has 0 saturated carbocycles. The summed E-state index contributed by atoms with van der Waals surface area (Å²) >= 11 is 0. The largest absolute Gasteiger partial charge is 0.507 e. The predicted octanol–water partition coefficient (Wildman–Crippen LogP) is 3.89. The molecule has 0 aliphatic carbocycles. The smallest absolute Gasteiger partial charge is 0.408 e. The van der Waals surface area contributed by atoms with Crippen LogP contribution < -0.4 is 10.6 Å². The van der Waals surface area contributed by atoms with Gasteiger partial charge in [-0.25, -0.2) is 4.79 Å². The highest BCUT2D eigenvalue weighted by molar-refractivity contribution is 5.92. The third kappa shape index (κ3) is 12.8. The van der Waals surface area contributed by atoms with E-state index in [4.69, 9.17) is 9.47 Å². The molecule has 1 aromatic carbocycles. The summed E-state index contributed by atoms with van der Waals surface area (Å²) in [5.74, 6) is -1.97. The molecule has 0 aromatic heterocycles. The minimum absolute atomic E-state index is 0.0423. The fourth-order valence-corrected chi connectivity index (χ4v) is 4.24. The van der Waals surface area contributed by atoms with Crippen LogP contribution in [-0.4, -0.2) is 76.9 Å². The monoisotopic (exact) mass is 579 g/mol. The quantitative estimate of drug-likeness (QED) is 0.160. The number of carbonyl (C=O) groups excluding carboxylic acids is 4. The van der Waals surface area contributed by atoms with E-state index in [0.29, 0.717) is 12.0 Å². The van der Waals surface area contributed by atoms with E-state index in [1.165, 1.54) is 4.90 Å². The minimum Gasteiger partial charge on any atom is -0.507 e. The number of aryl methyl sites for hydroxylation is 1. The Morgan fingerprint density at radius 1 is 1.02 bits per heavy atom. The normalized spacial score (nSPS) is 12.7. The second-order valence-corrected chi connectivity index (χ2v) is 10.9. The molecule has 4 N–H and O–H groups in total. The number of phenols is 1. The Morgan fingerprint density at radius 3 is 2.29 bits per heavy atom. The molecule has 0 aliphatic heterocycles. The number of carbonyl (C=O) groups is 4. The van der Waals surface area contributed by atoms with Gasteiger partial charge in [0.1, 0.15) is 23.4 Å². The Labute approximate surface area is 244 Å². The molecule has 2 unspecified atom stereocenters. The zero-order chi connectivity index (χ0) is 31.0. The van der Waals surface area contributed by atoms with Crippen LogP contribution in [0.3, 0.4) is 0 Å². The molecule has 1 rings (SSSR count). The average Bonchev–Trinajstić information content (AvgIpc) is 2.89. The Balaban J connectivity index is 3.40. The molecule has 11 heteroatoms. The molecule has 2 atom stereocenters. The Bertz CT molecular complexity index is 992. The van der Waals surface area contributed by atoms with Gasteiger partial charge in [-0.05, 0) is 46.6 Å². The van der Waals surface area contributed by atoms with Crippen LogP contribution in [0.15, 0.2) is 18.2 Å². The molecule has 0 bridgehead atoms. The summed E-state index contributed by atoms with van der Waals surface area (Å²) in [4.78, 5) is 53.1. The molecule has 0 radical (unpaired) electrons. The molecule has 0 saturated heterocycles. The molecule has 0 heterocycles. The summed E-state index contributed by atoms with van der Waals surface area (Å²) in [5.41, 5.74) is -0.142. The number of benzene rings is 1. The first-order valence-corrected chi connectivity index (χ1v) is 14.5. The third-order valence-electron chi connectivity index (χ3n) is 6.26. The summed E-state index contributed by atoms with van der Waals surface area (Å²) in [6.45, 7) is 10.0. The second kappa shape index (κ2) is 18.2. The van der Waals surface area contributed by atoms with Crippen molar-refractivity contribution in [3.8, 4) is 5.75 Å². The molecular formula is C30H49N3O8. The van der Waals surface area contributed by atoms with Gasteiger partial charge in [0.25, 0.3) is 0 Å². The number of nitrogens with zero attached hydrogens (tertiary/aromatic N) is 1. The molecule has 3 amide bonds. The predicted molar refractivity (Wildman–Crippen MR) is 155 cm³/mol. The van der Waals surface area contributed by atoms with E-state index in [2.05, 4.69) is 17.6 Å². The number of para-hydroxylation sites is 1. The van der Waals surface area contributed by atoms with Gasteiger partial charge in [-0.1, -0.05) is 57.2 Å². The zero-order valence-corrected chi connectivity index (χ0v) is 25.5. The number of hydrogen-bond acceptors (Lipinski definition) is 8. The van der Waals surface area contributed by atoms with Crippen LogP contribution in [0.4, 0.5) is 4.79 Å². The van der Waals surface area contributed by atoms with Crippen molar-refractivity contribution >= 4 is 23.9 Å². The number of phenolic OH excluding ortho intramolecular Hbond substituents is 1. The summed E-state index contributed by atoms with van der Waals surface area (Å²) in [5, 5.41) is 26.1. The SMILES string of the molecule is CCCCCCCCN(C(=O)C(CO)NC(=O)OC(C)(C)C)C(C(=O)NCCC(=O)OCC)c1cccc(C)c1O. The van der Waals surface area contributed by atoms with Gasteiger partial charge in [-0.2, -0.15) is 0 Å². The molecule has 1 aromatic rings. The molecule has 0 spiro atoms. The van der Waals surface area contributed by atoms with Crippen molar-refractivity contribution in [3.63, 3.8) is 0 Å². The standard InChI is InChI=1S/C30H49N3O8/c1-7-9-10-11-12-13-19-33(28(38)23(20-34)32-29(39)41-30(4,5)6)25(22-16-14-15-21(3)26(22)36)27(37)31-18-17-24(35)40-8-2/h14-16,23,25,34,36H,7-13,17-20H2,1-6H3,(H,31,37)(H,32,39). The van der Waals surface area contributed by atoms with Crippen LogP contribution in [0, 0.1) is 6.92 Å². The van der Waals surface area contributed by atoms with Crippen LogP contribution in [0.25, 0.3) is 0 Å². The molecule has 0 fully saturated rings. The first-order valence-electron chi connectivity index (χ1n) is 14.5. The molecule has 41 heavy (non-hydrogen) atoms. The molecule has 11 nitrogen and oxygen atoms in total. The lowest BCUT2D eigenvalue weighted by molar-refractivity contribution is -0.144. The molecular weight excluding hydrogens is 530 g/mol. The maximum atomic E-state index is 13.9. The van der Waals surface area contributed by atoms with E-state index in [0.717, 1.165) is 32.1 Å². The van der Waals surface area contributed by atoms with Gasteiger partial charge in [0.2, 0.25) is 11.8 Å². The summed E-state index contributed by atoms with van der Waals surface area (Å²) in [6.07, 6.45) is 4.55. The van der Waals surface area contributed by atoms with Crippen LogP contribution in [0.2, 0.25) is 0 Å². The number of esters is 1. The number of aliphatic hydroxyl groups excluding tert-OH is 1. The number of aromatic hydroxyl groups is 1.